The molecular formula is C16H31NO3. The summed E-state index contributed by atoms with van der Waals surface area (Å²) in [4.78, 5) is 14.8. The first-order chi connectivity index (χ1) is 9.31. The van der Waals surface area contributed by atoms with Crippen molar-refractivity contribution < 1.29 is 14.3 Å². The van der Waals surface area contributed by atoms with Crippen LogP contribution in [-0.2, 0) is 14.3 Å². The second-order valence-electron chi connectivity index (χ2n) is 6.21. The van der Waals surface area contributed by atoms with Crippen LogP contribution in [0.2, 0.25) is 0 Å². The van der Waals surface area contributed by atoms with Crippen molar-refractivity contribution in [1.29, 1.82) is 0 Å². The predicted octanol–water partition coefficient (Wildman–Crippen LogP) is 3.06. The van der Waals surface area contributed by atoms with Gasteiger partial charge in [-0.3, -0.25) is 4.79 Å². The number of ether oxygens (including phenoxy) is 2. The maximum atomic E-state index is 12.9. The number of rotatable bonds is 7. The highest BCUT2D eigenvalue weighted by Gasteiger charge is 2.59. The lowest BCUT2D eigenvalue weighted by Crippen LogP contribution is -2.64. The summed E-state index contributed by atoms with van der Waals surface area (Å²) in [6, 6.07) is 0.388. The van der Waals surface area contributed by atoms with Crippen molar-refractivity contribution in [3.63, 3.8) is 0 Å². The molecule has 118 valence electrons. The monoisotopic (exact) mass is 285 g/mol. The SMILES string of the molecule is CCOC1(OCC)[C@H](C)C[C@@H]1C(=O)N(C(C)C)C(C)C. The Morgan fingerprint density at radius 3 is 1.90 bits per heavy atom. The highest BCUT2D eigenvalue weighted by Crippen LogP contribution is 2.49. The summed E-state index contributed by atoms with van der Waals surface area (Å²) < 4.78 is 11.8. The van der Waals surface area contributed by atoms with Gasteiger partial charge in [0.05, 0.1) is 5.92 Å². The minimum atomic E-state index is -0.720. The molecule has 0 aromatic heterocycles. The Morgan fingerprint density at radius 2 is 1.60 bits per heavy atom. The van der Waals surface area contributed by atoms with Gasteiger partial charge >= 0.3 is 0 Å². The van der Waals surface area contributed by atoms with Crippen molar-refractivity contribution in [3.05, 3.63) is 0 Å². The molecule has 1 rings (SSSR count). The van der Waals surface area contributed by atoms with Gasteiger partial charge in [-0.2, -0.15) is 0 Å². The van der Waals surface area contributed by atoms with Crippen molar-refractivity contribution in [2.75, 3.05) is 13.2 Å². The van der Waals surface area contributed by atoms with Gasteiger partial charge in [0.2, 0.25) is 5.91 Å². The first-order valence-corrected chi connectivity index (χ1v) is 7.91. The first-order valence-electron chi connectivity index (χ1n) is 7.91. The summed E-state index contributed by atoms with van der Waals surface area (Å²) >= 11 is 0. The van der Waals surface area contributed by atoms with Crippen LogP contribution in [0.3, 0.4) is 0 Å². The van der Waals surface area contributed by atoms with Gasteiger partial charge in [0.15, 0.2) is 5.79 Å². The van der Waals surface area contributed by atoms with Crippen LogP contribution in [0.25, 0.3) is 0 Å². The van der Waals surface area contributed by atoms with E-state index in [0.29, 0.717) is 13.2 Å². The van der Waals surface area contributed by atoms with Crippen LogP contribution in [0, 0.1) is 11.8 Å². The molecule has 0 aliphatic heterocycles. The molecule has 0 radical (unpaired) electrons. The molecule has 0 bridgehead atoms. The minimum absolute atomic E-state index is 0.162. The summed E-state index contributed by atoms with van der Waals surface area (Å²) in [6.45, 7) is 15.4. The Balaban J connectivity index is 2.96. The van der Waals surface area contributed by atoms with Gasteiger partial charge in [-0.15, -0.1) is 0 Å². The van der Waals surface area contributed by atoms with E-state index in [1.54, 1.807) is 0 Å². The molecule has 0 aromatic rings. The van der Waals surface area contributed by atoms with Crippen molar-refractivity contribution >= 4 is 5.91 Å². The standard InChI is InChI=1S/C16H31NO3/c1-8-19-16(20-9-2)13(7)10-14(16)15(18)17(11(3)4)12(5)6/h11-14H,8-10H2,1-7H3/t13-,14-/m1/s1. The topological polar surface area (TPSA) is 38.8 Å². The second-order valence-corrected chi connectivity index (χ2v) is 6.21. The van der Waals surface area contributed by atoms with Crippen LogP contribution in [0.15, 0.2) is 0 Å². The number of amides is 1. The minimum Gasteiger partial charge on any atom is -0.349 e. The third-order valence-electron chi connectivity index (χ3n) is 4.17. The van der Waals surface area contributed by atoms with Gasteiger partial charge in [-0.05, 0) is 48.0 Å². The molecule has 4 nitrogen and oxygen atoms in total. The van der Waals surface area contributed by atoms with Crippen LogP contribution >= 0.6 is 0 Å². The van der Waals surface area contributed by atoms with Gasteiger partial charge in [0, 0.05) is 31.2 Å². The molecular weight excluding hydrogens is 254 g/mol. The summed E-state index contributed by atoms with van der Waals surface area (Å²) in [5.74, 6) is -0.475. The summed E-state index contributed by atoms with van der Waals surface area (Å²) in [5.41, 5.74) is 0. The number of nitrogens with zero attached hydrogens (tertiary/aromatic N) is 1. The molecule has 1 fully saturated rings. The highest BCUT2D eigenvalue weighted by molar-refractivity contribution is 5.81. The third kappa shape index (κ3) is 3.01. The van der Waals surface area contributed by atoms with E-state index in [4.69, 9.17) is 9.47 Å². The predicted molar refractivity (Wildman–Crippen MR) is 80.4 cm³/mol. The Bertz CT molecular complexity index is 314. The van der Waals surface area contributed by atoms with Gasteiger partial charge in [0.1, 0.15) is 0 Å². The molecule has 1 saturated carbocycles. The van der Waals surface area contributed by atoms with Crippen molar-refractivity contribution in [2.45, 2.75) is 72.8 Å². The maximum Gasteiger partial charge on any atom is 0.231 e. The quantitative estimate of drug-likeness (QED) is 0.675. The fourth-order valence-corrected chi connectivity index (χ4v) is 3.40. The van der Waals surface area contributed by atoms with Crippen LogP contribution in [0.1, 0.15) is 54.9 Å². The Kier molecular flexibility index (Phi) is 6.02. The van der Waals surface area contributed by atoms with E-state index in [1.807, 2.05) is 18.7 Å². The third-order valence-corrected chi connectivity index (χ3v) is 4.17. The average molecular weight is 285 g/mol. The summed E-state index contributed by atoms with van der Waals surface area (Å²) in [5, 5.41) is 0. The van der Waals surface area contributed by atoms with Crippen LogP contribution < -0.4 is 0 Å². The van der Waals surface area contributed by atoms with E-state index in [0.717, 1.165) is 6.42 Å². The van der Waals surface area contributed by atoms with E-state index in [9.17, 15) is 4.79 Å². The zero-order valence-corrected chi connectivity index (χ0v) is 14.1. The maximum absolute atomic E-state index is 12.9. The number of carbonyl (C=O) groups is 1. The molecule has 0 unspecified atom stereocenters. The van der Waals surface area contributed by atoms with Gasteiger partial charge in [0.25, 0.3) is 0 Å². The molecule has 0 spiro atoms. The number of hydrogen-bond donors (Lipinski definition) is 0. The lowest BCUT2D eigenvalue weighted by atomic mass is 9.68. The van der Waals surface area contributed by atoms with Crippen LogP contribution in [-0.4, -0.2) is 41.9 Å². The van der Waals surface area contributed by atoms with Gasteiger partial charge in [-0.25, -0.2) is 0 Å². The molecule has 2 atom stereocenters. The van der Waals surface area contributed by atoms with E-state index in [1.165, 1.54) is 0 Å². The zero-order valence-electron chi connectivity index (χ0n) is 14.1. The van der Waals surface area contributed by atoms with Crippen molar-refractivity contribution in [2.24, 2.45) is 11.8 Å². The molecule has 1 amide bonds. The van der Waals surface area contributed by atoms with E-state index in [2.05, 4.69) is 34.6 Å². The lowest BCUT2D eigenvalue weighted by Gasteiger charge is -2.54. The highest BCUT2D eigenvalue weighted by atomic mass is 16.7. The molecule has 1 aliphatic rings. The fourth-order valence-electron chi connectivity index (χ4n) is 3.40. The van der Waals surface area contributed by atoms with Crippen molar-refractivity contribution in [3.8, 4) is 0 Å². The van der Waals surface area contributed by atoms with Gasteiger partial charge < -0.3 is 14.4 Å². The Morgan fingerprint density at radius 1 is 1.15 bits per heavy atom. The molecule has 0 N–H and O–H groups in total. The molecule has 4 heteroatoms. The zero-order chi connectivity index (χ0) is 15.5. The van der Waals surface area contributed by atoms with E-state index < -0.39 is 5.79 Å². The van der Waals surface area contributed by atoms with Gasteiger partial charge in [-0.1, -0.05) is 6.92 Å². The normalized spacial score (nSPS) is 24.9. The largest absolute Gasteiger partial charge is 0.349 e. The van der Waals surface area contributed by atoms with Crippen LogP contribution in [0.4, 0.5) is 0 Å². The first kappa shape index (κ1) is 17.4. The molecule has 0 saturated heterocycles. The molecule has 0 heterocycles. The fraction of sp³-hybridized carbons (Fsp3) is 0.938. The number of carbonyl (C=O) groups excluding carboxylic acids is 1. The average Bonchev–Trinajstić information content (AvgIpc) is 2.34. The molecule has 1 aliphatic carbocycles. The smallest absolute Gasteiger partial charge is 0.231 e. The second kappa shape index (κ2) is 6.90. The van der Waals surface area contributed by atoms with Crippen LogP contribution in [0.5, 0.6) is 0 Å². The lowest BCUT2D eigenvalue weighted by molar-refractivity contribution is -0.331. The van der Waals surface area contributed by atoms with E-state index >= 15 is 0 Å². The summed E-state index contributed by atoms with van der Waals surface area (Å²) in [6.07, 6.45) is 0.842. The number of hydrogen-bond acceptors (Lipinski definition) is 3. The van der Waals surface area contributed by atoms with Crippen molar-refractivity contribution in [1.82, 2.24) is 4.90 Å². The summed E-state index contributed by atoms with van der Waals surface area (Å²) in [7, 11) is 0. The Hall–Kier alpha value is -0.610. The van der Waals surface area contributed by atoms with E-state index in [-0.39, 0.29) is 29.8 Å². The molecule has 20 heavy (non-hydrogen) atoms. The molecule has 0 aromatic carbocycles. The Labute approximate surface area is 123 Å².